The molecule has 0 saturated carbocycles. The third-order valence-corrected chi connectivity index (χ3v) is 3.81. The van der Waals surface area contributed by atoms with Crippen LogP contribution in [0.15, 0.2) is 0 Å². The van der Waals surface area contributed by atoms with E-state index in [1.165, 1.54) is 0 Å². The van der Waals surface area contributed by atoms with Crippen LogP contribution in [0.1, 0.15) is 46.0 Å². The van der Waals surface area contributed by atoms with Crippen molar-refractivity contribution in [3.63, 3.8) is 0 Å². The highest BCUT2D eigenvalue weighted by Crippen LogP contribution is 2.17. The molecule has 1 aliphatic rings. The van der Waals surface area contributed by atoms with Gasteiger partial charge in [0.2, 0.25) is 11.8 Å². The van der Waals surface area contributed by atoms with Crippen molar-refractivity contribution >= 4 is 11.8 Å². The van der Waals surface area contributed by atoms with Gasteiger partial charge in [-0.1, -0.05) is 6.92 Å². The van der Waals surface area contributed by atoms with Crippen LogP contribution in [0.3, 0.4) is 0 Å². The molecule has 4 nitrogen and oxygen atoms in total. The van der Waals surface area contributed by atoms with Crippen molar-refractivity contribution in [2.24, 2.45) is 5.92 Å². The fraction of sp³-hybridized carbons (Fsp3) is 0.857. The first-order valence-corrected chi connectivity index (χ1v) is 7.00. The lowest BCUT2D eigenvalue weighted by Gasteiger charge is -2.30. The van der Waals surface area contributed by atoms with E-state index in [0.29, 0.717) is 6.42 Å². The molecule has 0 aliphatic carbocycles. The predicted octanol–water partition coefficient (Wildman–Crippen LogP) is 1.89. The second kappa shape index (κ2) is 7.39. The van der Waals surface area contributed by atoms with Gasteiger partial charge in [0.05, 0.1) is 0 Å². The summed E-state index contributed by atoms with van der Waals surface area (Å²) in [4.78, 5) is 26.6. The summed E-state index contributed by atoms with van der Waals surface area (Å²) in [7, 11) is 1.80. The number of carbonyl (C=O) groups excluding carboxylic acids is 2. The number of likely N-dealkylation sites (tertiary alicyclic amines) is 1. The van der Waals surface area contributed by atoms with Crippen LogP contribution in [0.5, 0.6) is 0 Å². The normalized spacial score (nSPS) is 16.7. The first-order valence-electron chi connectivity index (χ1n) is 7.00. The molecular formula is C14H26N2O2. The molecule has 0 N–H and O–H groups in total. The lowest BCUT2D eigenvalue weighted by Crippen LogP contribution is -2.37. The van der Waals surface area contributed by atoms with E-state index in [9.17, 15) is 9.59 Å². The molecule has 104 valence electrons. The van der Waals surface area contributed by atoms with Crippen LogP contribution in [0.2, 0.25) is 0 Å². The van der Waals surface area contributed by atoms with E-state index in [2.05, 4.69) is 6.92 Å². The summed E-state index contributed by atoms with van der Waals surface area (Å²) in [5.74, 6) is 1.14. The largest absolute Gasteiger partial charge is 0.346 e. The molecule has 0 unspecified atom stereocenters. The number of hydrogen-bond acceptors (Lipinski definition) is 2. The molecule has 0 aromatic heterocycles. The molecule has 1 fully saturated rings. The van der Waals surface area contributed by atoms with Gasteiger partial charge in [0.15, 0.2) is 0 Å². The van der Waals surface area contributed by atoms with Crippen molar-refractivity contribution in [3.8, 4) is 0 Å². The Balaban J connectivity index is 2.12. The quantitative estimate of drug-likeness (QED) is 0.703. The maximum Gasteiger partial charge on any atom is 0.222 e. The van der Waals surface area contributed by atoms with Gasteiger partial charge in [0, 0.05) is 40.0 Å². The zero-order valence-electron chi connectivity index (χ0n) is 11.9. The van der Waals surface area contributed by atoms with E-state index in [4.69, 9.17) is 0 Å². The fourth-order valence-electron chi connectivity index (χ4n) is 2.20. The summed E-state index contributed by atoms with van der Waals surface area (Å²) in [6.45, 7) is 6.42. The number of unbranched alkanes of at least 4 members (excludes halogenated alkanes) is 1. The van der Waals surface area contributed by atoms with Gasteiger partial charge >= 0.3 is 0 Å². The third kappa shape index (κ3) is 5.07. The van der Waals surface area contributed by atoms with Gasteiger partial charge in [-0.05, 0) is 31.6 Å². The second-order valence-corrected chi connectivity index (χ2v) is 5.46. The fourth-order valence-corrected chi connectivity index (χ4v) is 2.20. The molecule has 1 rings (SSSR count). The summed E-state index contributed by atoms with van der Waals surface area (Å²) in [6, 6.07) is 0. The first kappa shape index (κ1) is 15.0. The molecule has 0 atom stereocenters. The maximum absolute atomic E-state index is 11.9. The van der Waals surface area contributed by atoms with Crippen LogP contribution in [-0.4, -0.2) is 48.3 Å². The average Bonchev–Trinajstić information content (AvgIpc) is 2.34. The van der Waals surface area contributed by atoms with Crippen LogP contribution < -0.4 is 0 Å². The average molecular weight is 254 g/mol. The van der Waals surface area contributed by atoms with Crippen LogP contribution in [0.4, 0.5) is 0 Å². The van der Waals surface area contributed by atoms with Gasteiger partial charge in [-0.15, -0.1) is 0 Å². The number of nitrogens with zero attached hydrogens (tertiary/aromatic N) is 2. The molecular weight excluding hydrogens is 228 g/mol. The van der Waals surface area contributed by atoms with E-state index in [0.717, 1.165) is 51.2 Å². The minimum Gasteiger partial charge on any atom is -0.346 e. The Hall–Kier alpha value is -1.06. The number of carbonyl (C=O) groups is 2. The van der Waals surface area contributed by atoms with Gasteiger partial charge < -0.3 is 9.80 Å². The summed E-state index contributed by atoms with van der Waals surface area (Å²) >= 11 is 0. The maximum atomic E-state index is 11.9. The minimum atomic E-state index is 0.0892. The zero-order chi connectivity index (χ0) is 13.5. The lowest BCUT2D eigenvalue weighted by atomic mass is 9.99. The van der Waals surface area contributed by atoms with E-state index >= 15 is 0 Å². The van der Waals surface area contributed by atoms with E-state index in [-0.39, 0.29) is 11.8 Å². The second-order valence-electron chi connectivity index (χ2n) is 5.46. The Kier molecular flexibility index (Phi) is 6.16. The smallest absolute Gasteiger partial charge is 0.222 e. The van der Waals surface area contributed by atoms with Gasteiger partial charge in [-0.25, -0.2) is 0 Å². The van der Waals surface area contributed by atoms with Crippen molar-refractivity contribution in [1.29, 1.82) is 0 Å². The molecule has 0 spiro atoms. The number of amides is 2. The van der Waals surface area contributed by atoms with Crippen LogP contribution in [0.25, 0.3) is 0 Å². The number of rotatable bonds is 5. The first-order chi connectivity index (χ1) is 8.50. The van der Waals surface area contributed by atoms with Crippen molar-refractivity contribution in [1.82, 2.24) is 9.80 Å². The van der Waals surface area contributed by atoms with Crippen molar-refractivity contribution < 1.29 is 9.59 Å². The van der Waals surface area contributed by atoms with E-state index in [1.807, 2.05) is 4.90 Å². The molecule has 1 heterocycles. The van der Waals surface area contributed by atoms with Crippen LogP contribution >= 0.6 is 0 Å². The topological polar surface area (TPSA) is 40.6 Å². The Morgan fingerprint density at radius 1 is 1.22 bits per heavy atom. The molecule has 1 saturated heterocycles. The van der Waals surface area contributed by atoms with Crippen molar-refractivity contribution in [2.75, 3.05) is 26.7 Å². The molecule has 0 aromatic rings. The monoisotopic (exact) mass is 254 g/mol. The highest BCUT2D eigenvalue weighted by atomic mass is 16.2. The standard InChI is InChI=1S/C14H26N2O2/c1-12-7-10-16(11-8-12)14(18)6-4-5-9-15(3)13(2)17/h12H,4-11H2,1-3H3. The Morgan fingerprint density at radius 2 is 1.83 bits per heavy atom. The van der Waals surface area contributed by atoms with Gasteiger partial charge in [-0.2, -0.15) is 0 Å². The molecule has 0 radical (unpaired) electrons. The SMILES string of the molecule is CC(=O)N(C)CCCCC(=O)N1CCC(C)CC1. The predicted molar refractivity (Wildman–Crippen MR) is 72.1 cm³/mol. The molecule has 4 heteroatoms. The highest BCUT2D eigenvalue weighted by molar-refractivity contribution is 5.76. The van der Waals surface area contributed by atoms with Crippen LogP contribution in [0, 0.1) is 5.92 Å². The third-order valence-electron chi connectivity index (χ3n) is 3.81. The number of hydrogen-bond donors (Lipinski definition) is 0. The molecule has 1 aliphatic heterocycles. The highest BCUT2D eigenvalue weighted by Gasteiger charge is 2.19. The van der Waals surface area contributed by atoms with E-state index < -0.39 is 0 Å². The van der Waals surface area contributed by atoms with Crippen molar-refractivity contribution in [2.45, 2.75) is 46.0 Å². The Bertz CT molecular complexity index is 284. The van der Waals surface area contributed by atoms with Gasteiger partial charge in [0.1, 0.15) is 0 Å². The Morgan fingerprint density at radius 3 is 2.39 bits per heavy atom. The van der Waals surface area contributed by atoms with E-state index in [1.54, 1.807) is 18.9 Å². The van der Waals surface area contributed by atoms with Crippen LogP contribution in [-0.2, 0) is 9.59 Å². The summed E-state index contributed by atoms with van der Waals surface area (Å²) in [5.41, 5.74) is 0. The van der Waals surface area contributed by atoms with Gasteiger partial charge in [0.25, 0.3) is 0 Å². The minimum absolute atomic E-state index is 0.0892. The molecule has 2 amide bonds. The van der Waals surface area contributed by atoms with Gasteiger partial charge in [-0.3, -0.25) is 9.59 Å². The summed E-state index contributed by atoms with van der Waals surface area (Å²) < 4.78 is 0. The molecule has 0 aromatic carbocycles. The summed E-state index contributed by atoms with van der Waals surface area (Å²) in [6.07, 6.45) is 4.69. The zero-order valence-corrected chi connectivity index (χ0v) is 11.9. The van der Waals surface area contributed by atoms with Crippen molar-refractivity contribution in [3.05, 3.63) is 0 Å². The molecule has 18 heavy (non-hydrogen) atoms. The number of piperidine rings is 1. The Labute approximate surface area is 110 Å². The molecule has 0 bridgehead atoms. The summed E-state index contributed by atoms with van der Waals surface area (Å²) in [5, 5.41) is 0. The lowest BCUT2D eigenvalue weighted by molar-refractivity contribution is -0.132.